The Morgan fingerprint density at radius 1 is 0.941 bits per heavy atom. The molecule has 0 saturated heterocycles. The van der Waals surface area contributed by atoms with Crippen LogP contribution in [0.3, 0.4) is 0 Å². The van der Waals surface area contributed by atoms with Gasteiger partial charge in [-0.2, -0.15) is 0 Å². The highest BCUT2D eigenvalue weighted by molar-refractivity contribution is 7.18. The number of fused-ring (bicyclic) bond motifs is 3. The van der Waals surface area contributed by atoms with Crippen molar-refractivity contribution in [3.63, 3.8) is 0 Å². The van der Waals surface area contributed by atoms with Gasteiger partial charge in [0, 0.05) is 10.1 Å². The van der Waals surface area contributed by atoms with Crippen LogP contribution < -0.4 is 4.74 Å². The molecule has 0 spiro atoms. The summed E-state index contributed by atoms with van der Waals surface area (Å²) in [5, 5.41) is 6.18. The summed E-state index contributed by atoms with van der Waals surface area (Å²) in [5.41, 5.74) is 2.73. The minimum Gasteiger partial charge on any atom is -0.497 e. The first-order valence-electron chi connectivity index (χ1n) is 5.66. The molecule has 0 aliphatic rings. The van der Waals surface area contributed by atoms with E-state index in [9.17, 15) is 0 Å². The Morgan fingerprint density at radius 3 is 2.47 bits per heavy atom. The number of benzene rings is 2. The summed E-state index contributed by atoms with van der Waals surface area (Å²) in [7, 11) is 1.72. The summed E-state index contributed by atoms with van der Waals surface area (Å²) in [5.74, 6) is 0.927. The molecule has 1 aromatic heterocycles. The second-order valence-electron chi connectivity index (χ2n) is 4.32. The van der Waals surface area contributed by atoms with Crippen molar-refractivity contribution >= 4 is 32.2 Å². The zero-order chi connectivity index (χ0) is 12.0. The SMILES string of the molecule is COc1ccc2c(c1)c(C)c(C)c1ccsc12. The average molecular weight is 242 g/mol. The van der Waals surface area contributed by atoms with Crippen molar-refractivity contribution in [1.82, 2.24) is 0 Å². The Kier molecular flexibility index (Phi) is 2.33. The summed E-state index contributed by atoms with van der Waals surface area (Å²) < 4.78 is 6.69. The van der Waals surface area contributed by atoms with Crippen LogP contribution >= 0.6 is 11.3 Å². The molecule has 0 radical (unpaired) electrons. The number of aryl methyl sites for hydroxylation is 2. The zero-order valence-electron chi connectivity index (χ0n) is 10.2. The van der Waals surface area contributed by atoms with Crippen LogP contribution in [0.1, 0.15) is 11.1 Å². The number of hydrogen-bond donors (Lipinski definition) is 0. The third-order valence-corrected chi connectivity index (χ3v) is 4.45. The van der Waals surface area contributed by atoms with E-state index in [2.05, 4.69) is 37.4 Å². The second-order valence-corrected chi connectivity index (χ2v) is 5.24. The van der Waals surface area contributed by atoms with Gasteiger partial charge >= 0.3 is 0 Å². The van der Waals surface area contributed by atoms with E-state index in [1.807, 2.05) is 17.4 Å². The molecule has 3 rings (SSSR count). The van der Waals surface area contributed by atoms with Crippen LogP contribution in [-0.2, 0) is 0 Å². The van der Waals surface area contributed by atoms with Crippen molar-refractivity contribution in [2.75, 3.05) is 7.11 Å². The molecule has 0 saturated carbocycles. The second kappa shape index (κ2) is 3.74. The lowest BCUT2D eigenvalue weighted by Gasteiger charge is -2.10. The first-order valence-corrected chi connectivity index (χ1v) is 6.54. The normalized spacial score (nSPS) is 11.2. The number of hydrogen-bond acceptors (Lipinski definition) is 2. The molecule has 2 aromatic carbocycles. The van der Waals surface area contributed by atoms with Crippen LogP contribution in [0.15, 0.2) is 29.6 Å². The topological polar surface area (TPSA) is 9.23 Å². The first kappa shape index (κ1) is 10.6. The summed E-state index contributed by atoms with van der Waals surface area (Å²) >= 11 is 1.81. The first-order chi connectivity index (χ1) is 8.22. The lowest BCUT2D eigenvalue weighted by Crippen LogP contribution is -1.88. The fourth-order valence-corrected chi connectivity index (χ4v) is 3.37. The molecule has 3 aromatic rings. The van der Waals surface area contributed by atoms with Gasteiger partial charge in [-0.25, -0.2) is 0 Å². The molecular weight excluding hydrogens is 228 g/mol. The van der Waals surface area contributed by atoms with Crippen molar-refractivity contribution in [1.29, 1.82) is 0 Å². The molecule has 1 heterocycles. The highest BCUT2D eigenvalue weighted by atomic mass is 32.1. The predicted octanol–water partition coefficient (Wildman–Crippen LogP) is 4.68. The van der Waals surface area contributed by atoms with Crippen molar-refractivity contribution in [3.05, 3.63) is 40.8 Å². The van der Waals surface area contributed by atoms with E-state index in [-0.39, 0.29) is 0 Å². The van der Waals surface area contributed by atoms with E-state index < -0.39 is 0 Å². The standard InChI is InChI=1S/C15H14OS/c1-9-10(2)14-8-11(16-3)4-5-13(14)15-12(9)6-7-17-15/h4-8H,1-3H3. The highest BCUT2D eigenvalue weighted by Crippen LogP contribution is 2.36. The van der Waals surface area contributed by atoms with Gasteiger partial charge in [0.15, 0.2) is 0 Å². The molecule has 2 heteroatoms. The van der Waals surface area contributed by atoms with Gasteiger partial charge in [-0.3, -0.25) is 0 Å². The van der Waals surface area contributed by atoms with Gasteiger partial charge in [0.25, 0.3) is 0 Å². The number of thiophene rings is 1. The van der Waals surface area contributed by atoms with Crippen LogP contribution in [0.2, 0.25) is 0 Å². The minimum atomic E-state index is 0.927. The van der Waals surface area contributed by atoms with Crippen molar-refractivity contribution < 1.29 is 4.74 Å². The average Bonchev–Trinajstić information content (AvgIpc) is 2.84. The van der Waals surface area contributed by atoms with E-state index in [4.69, 9.17) is 4.74 Å². The van der Waals surface area contributed by atoms with Crippen molar-refractivity contribution in [2.24, 2.45) is 0 Å². The molecular formula is C15H14OS. The maximum atomic E-state index is 5.31. The third-order valence-electron chi connectivity index (χ3n) is 3.51. The van der Waals surface area contributed by atoms with E-state index in [1.54, 1.807) is 7.11 Å². The molecule has 17 heavy (non-hydrogen) atoms. The number of ether oxygens (including phenoxy) is 1. The Hall–Kier alpha value is -1.54. The molecule has 0 unspecified atom stereocenters. The smallest absolute Gasteiger partial charge is 0.119 e. The zero-order valence-corrected chi connectivity index (χ0v) is 11.0. The van der Waals surface area contributed by atoms with E-state index in [0.29, 0.717) is 0 Å². The van der Waals surface area contributed by atoms with Gasteiger partial charge < -0.3 is 4.74 Å². The molecule has 0 bridgehead atoms. The predicted molar refractivity (Wildman–Crippen MR) is 75.4 cm³/mol. The molecule has 0 amide bonds. The Morgan fingerprint density at radius 2 is 1.71 bits per heavy atom. The van der Waals surface area contributed by atoms with Gasteiger partial charge in [0.1, 0.15) is 5.75 Å². The quantitative estimate of drug-likeness (QED) is 0.602. The largest absolute Gasteiger partial charge is 0.497 e. The van der Waals surface area contributed by atoms with Crippen molar-refractivity contribution in [2.45, 2.75) is 13.8 Å². The van der Waals surface area contributed by atoms with Gasteiger partial charge in [-0.05, 0) is 65.4 Å². The van der Waals surface area contributed by atoms with Crippen LogP contribution in [0.5, 0.6) is 5.75 Å². The molecule has 0 N–H and O–H groups in total. The summed E-state index contributed by atoms with van der Waals surface area (Å²) in [4.78, 5) is 0. The maximum Gasteiger partial charge on any atom is 0.119 e. The van der Waals surface area contributed by atoms with Gasteiger partial charge in [0.05, 0.1) is 7.11 Å². The summed E-state index contributed by atoms with van der Waals surface area (Å²) in [6.07, 6.45) is 0. The Balaban J connectivity index is 2.55. The fourth-order valence-electron chi connectivity index (χ4n) is 2.38. The lowest BCUT2D eigenvalue weighted by molar-refractivity contribution is 0.415. The van der Waals surface area contributed by atoms with Gasteiger partial charge in [0.2, 0.25) is 0 Å². The summed E-state index contributed by atoms with van der Waals surface area (Å²) in [6, 6.07) is 8.55. The van der Waals surface area contributed by atoms with Crippen LogP contribution in [0.25, 0.3) is 20.9 Å². The minimum absolute atomic E-state index is 0.927. The monoisotopic (exact) mass is 242 g/mol. The molecule has 86 valence electrons. The van der Waals surface area contributed by atoms with E-state index in [0.717, 1.165) is 5.75 Å². The Bertz CT molecular complexity index is 710. The maximum absolute atomic E-state index is 5.31. The van der Waals surface area contributed by atoms with E-state index >= 15 is 0 Å². The van der Waals surface area contributed by atoms with Crippen molar-refractivity contribution in [3.8, 4) is 5.75 Å². The molecule has 0 atom stereocenters. The van der Waals surface area contributed by atoms with Gasteiger partial charge in [-0.1, -0.05) is 0 Å². The van der Waals surface area contributed by atoms with E-state index in [1.165, 1.54) is 32.0 Å². The number of rotatable bonds is 1. The molecule has 0 aliphatic heterocycles. The van der Waals surface area contributed by atoms with Crippen LogP contribution in [-0.4, -0.2) is 7.11 Å². The van der Waals surface area contributed by atoms with Crippen LogP contribution in [0, 0.1) is 13.8 Å². The molecule has 0 aliphatic carbocycles. The Labute approximate surface area is 105 Å². The molecule has 1 nitrogen and oxygen atoms in total. The third kappa shape index (κ3) is 1.44. The van der Waals surface area contributed by atoms with Crippen LogP contribution in [0.4, 0.5) is 0 Å². The molecule has 0 fully saturated rings. The summed E-state index contributed by atoms with van der Waals surface area (Å²) in [6.45, 7) is 4.39. The van der Waals surface area contributed by atoms with Gasteiger partial charge in [-0.15, -0.1) is 11.3 Å². The highest BCUT2D eigenvalue weighted by Gasteiger charge is 2.10. The fraction of sp³-hybridized carbons (Fsp3) is 0.200. The number of methoxy groups -OCH3 is 1. The lowest BCUT2D eigenvalue weighted by atomic mass is 9.97.